The van der Waals surface area contributed by atoms with Crippen LogP contribution in [0.5, 0.6) is 5.75 Å². The predicted octanol–water partition coefficient (Wildman–Crippen LogP) is 1.15. The van der Waals surface area contributed by atoms with E-state index in [1.54, 1.807) is 4.90 Å². The third kappa shape index (κ3) is 4.26. The minimum Gasteiger partial charge on any atom is -0.501 e. The second kappa shape index (κ2) is 8.64. The SMILES string of the molecule is Cn1c(C2CCCN2C(=O)CS)nc(C(=O)NCc2ccc(F)cc2)c(O)c1=O. The molecular formula is C19H21FN4O4S. The van der Waals surface area contributed by atoms with E-state index in [0.717, 1.165) is 11.0 Å². The van der Waals surface area contributed by atoms with Crippen LogP contribution in [0.15, 0.2) is 29.1 Å². The molecular weight excluding hydrogens is 399 g/mol. The standard InChI is InChI=1S/C19H21FN4O4S/c1-23-17(13-3-2-8-24(13)14(25)10-29)22-15(16(26)19(23)28)18(27)21-9-11-4-6-12(20)7-5-11/h4-7,13,26,29H,2-3,8-10H2,1H3,(H,21,27). The lowest BCUT2D eigenvalue weighted by atomic mass is 10.2. The molecule has 1 aliphatic heterocycles. The van der Waals surface area contributed by atoms with Crippen molar-refractivity contribution in [2.75, 3.05) is 12.3 Å². The maximum Gasteiger partial charge on any atom is 0.296 e. The fourth-order valence-corrected chi connectivity index (χ4v) is 3.54. The van der Waals surface area contributed by atoms with Crippen molar-refractivity contribution < 1.29 is 19.1 Å². The number of amides is 2. The van der Waals surface area contributed by atoms with Crippen LogP contribution in [0.4, 0.5) is 4.39 Å². The Hall–Kier alpha value is -2.88. The summed E-state index contributed by atoms with van der Waals surface area (Å²) in [7, 11) is 1.44. The van der Waals surface area contributed by atoms with Crippen LogP contribution in [0.3, 0.4) is 0 Å². The minimum absolute atomic E-state index is 0.0214. The molecule has 154 valence electrons. The molecule has 1 atom stereocenters. The van der Waals surface area contributed by atoms with E-state index < -0.39 is 34.8 Å². The average molecular weight is 420 g/mol. The van der Waals surface area contributed by atoms with Gasteiger partial charge >= 0.3 is 0 Å². The number of benzene rings is 1. The number of nitrogens with one attached hydrogen (secondary N) is 1. The number of halogens is 1. The van der Waals surface area contributed by atoms with Gasteiger partial charge in [0, 0.05) is 20.1 Å². The molecule has 1 aliphatic rings. The van der Waals surface area contributed by atoms with Crippen molar-refractivity contribution in [1.82, 2.24) is 19.8 Å². The van der Waals surface area contributed by atoms with E-state index in [2.05, 4.69) is 22.9 Å². The van der Waals surface area contributed by atoms with Crippen molar-refractivity contribution in [3.8, 4) is 5.75 Å². The van der Waals surface area contributed by atoms with Gasteiger partial charge in [-0.3, -0.25) is 19.0 Å². The van der Waals surface area contributed by atoms with Gasteiger partial charge in [0.15, 0.2) is 5.69 Å². The summed E-state index contributed by atoms with van der Waals surface area (Å²) in [4.78, 5) is 43.0. The van der Waals surface area contributed by atoms with E-state index >= 15 is 0 Å². The molecule has 1 fully saturated rings. The van der Waals surface area contributed by atoms with Crippen LogP contribution in [0, 0.1) is 5.82 Å². The zero-order chi connectivity index (χ0) is 21.1. The third-order valence-corrected chi connectivity index (χ3v) is 5.16. The minimum atomic E-state index is -0.771. The molecule has 2 amide bonds. The molecule has 1 unspecified atom stereocenters. The van der Waals surface area contributed by atoms with E-state index in [0.29, 0.717) is 18.5 Å². The highest BCUT2D eigenvalue weighted by Gasteiger charge is 2.33. The number of aromatic nitrogens is 2. The zero-order valence-electron chi connectivity index (χ0n) is 15.8. The summed E-state index contributed by atoms with van der Waals surface area (Å²) in [6, 6.07) is 5.08. The number of hydrogen-bond acceptors (Lipinski definition) is 6. The quantitative estimate of drug-likeness (QED) is 0.630. The number of hydrogen-bond donors (Lipinski definition) is 3. The number of carbonyl (C=O) groups excluding carboxylic acids is 2. The first kappa shape index (κ1) is 20.8. The number of carbonyl (C=O) groups is 2. The van der Waals surface area contributed by atoms with Gasteiger partial charge in [-0.15, -0.1) is 0 Å². The van der Waals surface area contributed by atoms with Gasteiger partial charge in [0.1, 0.15) is 11.6 Å². The smallest absolute Gasteiger partial charge is 0.296 e. The van der Waals surface area contributed by atoms with E-state index in [9.17, 15) is 23.9 Å². The van der Waals surface area contributed by atoms with E-state index in [-0.39, 0.29) is 24.0 Å². The largest absolute Gasteiger partial charge is 0.501 e. The van der Waals surface area contributed by atoms with E-state index in [1.807, 2.05) is 0 Å². The molecule has 29 heavy (non-hydrogen) atoms. The Bertz CT molecular complexity index is 993. The van der Waals surface area contributed by atoms with Crippen LogP contribution >= 0.6 is 12.6 Å². The van der Waals surface area contributed by atoms with Crippen LogP contribution < -0.4 is 10.9 Å². The number of rotatable bonds is 5. The zero-order valence-corrected chi connectivity index (χ0v) is 16.7. The second-order valence-electron chi connectivity index (χ2n) is 6.74. The highest BCUT2D eigenvalue weighted by atomic mass is 32.1. The number of nitrogens with zero attached hydrogens (tertiary/aromatic N) is 3. The third-order valence-electron chi connectivity index (χ3n) is 4.89. The van der Waals surface area contributed by atoms with Gasteiger partial charge in [0.05, 0.1) is 11.8 Å². The van der Waals surface area contributed by atoms with Crippen LogP contribution in [0.2, 0.25) is 0 Å². The second-order valence-corrected chi connectivity index (χ2v) is 7.06. The van der Waals surface area contributed by atoms with Gasteiger partial charge in [0.2, 0.25) is 11.7 Å². The molecule has 3 rings (SSSR count). The Balaban J connectivity index is 1.89. The number of thiol groups is 1. The van der Waals surface area contributed by atoms with Crippen molar-refractivity contribution >= 4 is 24.4 Å². The van der Waals surface area contributed by atoms with Crippen molar-refractivity contribution in [2.45, 2.75) is 25.4 Å². The van der Waals surface area contributed by atoms with Crippen molar-refractivity contribution in [1.29, 1.82) is 0 Å². The molecule has 2 N–H and O–H groups in total. The molecule has 0 saturated carbocycles. The molecule has 1 saturated heterocycles. The summed E-state index contributed by atoms with van der Waals surface area (Å²) in [5.41, 5.74) is -0.535. The Morgan fingerprint density at radius 1 is 1.34 bits per heavy atom. The summed E-state index contributed by atoms with van der Waals surface area (Å²) in [6.45, 7) is 0.575. The first-order valence-corrected chi connectivity index (χ1v) is 9.69. The monoisotopic (exact) mass is 420 g/mol. The summed E-state index contributed by atoms with van der Waals surface area (Å²) in [5.74, 6) is -1.85. The van der Waals surface area contributed by atoms with Gasteiger partial charge in [-0.25, -0.2) is 9.37 Å². The average Bonchev–Trinajstić information content (AvgIpc) is 3.20. The highest BCUT2D eigenvalue weighted by Crippen LogP contribution is 2.31. The lowest BCUT2D eigenvalue weighted by molar-refractivity contribution is -0.129. The number of likely N-dealkylation sites (tertiary alicyclic amines) is 1. The van der Waals surface area contributed by atoms with Gasteiger partial charge < -0.3 is 15.3 Å². The Morgan fingerprint density at radius 3 is 2.69 bits per heavy atom. The van der Waals surface area contributed by atoms with E-state index in [1.165, 1.54) is 31.3 Å². The molecule has 0 aliphatic carbocycles. The van der Waals surface area contributed by atoms with Crippen molar-refractivity contribution in [3.05, 3.63) is 57.5 Å². The van der Waals surface area contributed by atoms with Gasteiger partial charge in [-0.05, 0) is 30.5 Å². The summed E-state index contributed by atoms with van der Waals surface area (Å²) in [5, 5.41) is 12.7. The van der Waals surface area contributed by atoms with Crippen LogP contribution in [-0.2, 0) is 18.4 Å². The Labute approximate surface area is 171 Å². The molecule has 1 aromatic heterocycles. The van der Waals surface area contributed by atoms with Crippen LogP contribution in [0.25, 0.3) is 0 Å². The predicted molar refractivity (Wildman–Crippen MR) is 106 cm³/mol. The maximum absolute atomic E-state index is 13.0. The Kier molecular flexibility index (Phi) is 6.21. The molecule has 0 bridgehead atoms. The van der Waals surface area contributed by atoms with Crippen LogP contribution in [-0.4, -0.2) is 43.7 Å². The lowest BCUT2D eigenvalue weighted by Crippen LogP contribution is -2.37. The number of aromatic hydroxyl groups is 1. The molecule has 0 radical (unpaired) electrons. The van der Waals surface area contributed by atoms with Crippen LogP contribution in [0.1, 0.15) is 40.8 Å². The summed E-state index contributed by atoms with van der Waals surface area (Å²) < 4.78 is 14.1. The van der Waals surface area contributed by atoms with Gasteiger partial charge in [-0.1, -0.05) is 12.1 Å². The fourth-order valence-electron chi connectivity index (χ4n) is 3.36. The van der Waals surface area contributed by atoms with Gasteiger partial charge in [0.25, 0.3) is 11.5 Å². The molecule has 2 heterocycles. The van der Waals surface area contributed by atoms with Crippen molar-refractivity contribution in [2.24, 2.45) is 7.05 Å². The Morgan fingerprint density at radius 2 is 2.03 bits per heavy atom. The molecule has 2 aromatic rings. The molecule has 8 nitrogen and oxygen atoms in total. The lowest BCUT2D eigenvalue weighted by Gasteiger charge is -2.25. The summed E-state index contributed by atoms with van der Waals surface area (Å²) in [6.07, 6.45) is 1.31. The van der Waals surface area contributed by atoms with E-state index in [4.69, 9.17) is 0 Å². The summed E-state index contributed by atoms with van der Waals surface area (Å²) >= 11 is 4.02. The fraction of sp³-hybridized carbons (Fsp3) is 0.368. The van der Waals surface area contributed by atoms with Crippen molar-refractivity contribution in [3.63, 3.8) is 0 Å². The first-order valence-electron chi connectivity index (χ1n) is 9.06. The molecule has 1 aromatic carbocycles. The first-order chi connectivity index (χ1) is 13.8. The topological polar surface area (TPSA) is 105 Å². The molecule has 10 heteroatoms. The van der Waals surface area contributed by atoms with Gasteiger partial charge in [-0.2, -0.15) is 12.6 Å². The maximum atomic E-state index is 13.0. The molecule has 0 spiro atoms. The normalized spacial score (nSPS) is 16.1. The highest BCUT2D eigenvalue weighted by molar-refractivity contribution is 7.81.